The van der Waals surface area contributed by atoms with Gasteiger partial charge in [-0.2, -0.15) is 0 Å². The van der Waals surface area contributed by atoms with Crippen LogP contribution in [0.3, 0.4) is 0 Å². The molecular formula is C35H48. The quantitative estimate of drug-likeness (QED) is 0.280. The summed E-state index contributed by atoms with van der Waals surface area (Å²) in [6.07, 6.45) is 0. The Labute approximate surface area is 217 Å². The second kappa shape index (κ2) is 18.2. The summed E-state index contributed by atoms with van der Waals surface area (Å²) in [6, 6.07) is 33.2. The van der Waals surface area contributed by atoms with Crippen molar-refractivity contribution in [1.82, 2.24) is 0 Å². The molecule has 0 bridgehead atoms. The van der Waals surface area contributed by atoms with E-state index in [2.05, 4.69) is 112 Å². The first-order valence-electron chi connectivity index (χ1n) is 13.4. The molecule has 0 aliphatic carbocycles. The third-order valence-corrected chi connectivity index (χ3v) is 5.09. The summed E-state index contributed by atoms with van der Waals surface area (Å²) in [5, 5.41) is 0. The maximum atomic E-state index is 2.30. The molecule has 0 saturated carbocycles. The summed E-state index contributed by atoms with van der Waals surface area (Å²) in [5.41, 5.74) is 11.4. The first kappa shape index (κ1) is 31.9. The molecule has 0 radical (unpaired) electrons. The zero-order chi connectivity index (χ0) is 26.8. The molecule has 0 aliphatic rings. The van der Waals surface area contributed by atoms with Gasteiger partial charge >= 0.3 is 0 Å². The molecule has 0 spiro atoms. The number of hydrogen-bond acceptors (Lipinski definition) is 0. The lowest BCUT2D eigenvalue weighted by Crippen LogP contribution is -1.87. The highest BCUT2D eigenvalue weighted by molar-refractivity contribution is 5.81. The minimum Gasteiger partial charge on any atom is -0.0683 e. The third-order valence-electron chi connectivity index (χ3n) is 5.09. The van der Waals surface area contributed by atoms with Gasteiger partial charge in [0.15, 0.2) is 0 Å². The first-order valence-corrected chi connectivity index (χ1v) is 13.4. The lowest BCUT2D eigenvalue weighted by molar-refractivity contribution is 1.45. The molecule has 4 aromatic carbocycles. The van der Waals surface area contributed by atoms with Crippen molar-refractivity contribution in [2.45, 2.75) is 76.2 Å². The lowest BCUT2D eigenvalue weighted by atomic mass is 9.92. The molecule has 0 fully saturated rings. The number of rotatable bonds is 3. The highest BCUT2D eigenvalue weighted by Crippen LogP contribution is 2.33. The van der Waals surface area contributed by atoms with E-state index in [1.165, 1.54) is 50.1 Å². The normalized spacial score (nSPS) is 9.00. The fourth-order valence-electron chi connectivity index (χ4n) is 3.37. The number of aryl methyl sites for hydroxylation is 3. The Morgan fingerprint density at radius 2 is 0.429 bits per heavy atom. The molecule has 0 heterocycles. The maximum Gasteiger partial charge on any atom is -0.0172 e. The van der Waals surface area contributed by atoms with Gasteiger partial charge in [0, 0.05) is 0 Å². The second-order valence-corrected chi connectivity index (χ2v) is 7.40. The Hall–Kier alpha value is -3.12. The molecule has 0 saturated heterocycles. The summed E-state index contributed by atoms with van der Waals surface area (Å²) in [6.45, 7) is 22.4. The summed E-state index contributed by atoms with van der Waals surface area (Å²) < 4.78 is 0. The van der Waals surface area contributed by atoms with E-state index >= 15 is 0 Å². The zero-order valence-corrected chi connectivity index (χ0v) is 24.2. The first-order chi connectivity index (χ1) is 17.1. The van der Waals surface area contributed by atoms with E-state index in [1.54, 1.807) is 0 Å². The molecule has 0 atom stereocenters. The van der Waals surface area contributed by atoms with Crippen molar-refractivity contribution in [3.05, 3.63) is 108 Å². The molecule has 0 aromatic heterocycles. The molecule has 0 aliphatic heterocycles. The average Bonchev–Trinajstić information content (AvgIpc) is 2.94. The van der Waals surface area contributed by atoms with Crippen molar-refractivity contribution in [2.75, 3.05) is 0 Å². The number of benzene rings is 4. The number of hydrogen-bond donors (Lipinski definition) is 0. The molecule has 4 rings (SSSR count). The molecule has 0 amide bonds. The van der Waals surface area contributed by atoms with Crippen LogP contribution in [0.1, 0.15) is 72.1 Å². The second-order valence-electron chi connectivity index (χ2n) is 7.40. The van der Waals surface area contributed by atoms with Crippen LogP contribution in [0.2, 0.25) is 0 Å². The largest absolute Gasteiger partial charge is 0.0683 e. The van der Waals surface area contributed by atoms with Gasteiger partial charge in [-0.1, -0.05) is 145 Å². The Bertz CT molecular complexity index is 897. The Morgan fingerprint density at radius 3 is 0.600 bits per heavy atom. The summed E-state index contributed by atoms with van der Waals surface area (Å²) in [5.74, 6) is 0. The minimum atomic E-state index is 1.25. The Kier molecular flexibility index (Phi) is 16.6. The molecule has 4 aromatic rings. The fraction of sp³-hybridized carbons (Fsp3) is 0.314. The van der Waals surface area contributed by atoms with E-state index in [0.717, 1.165) is 0 Å². The van der Waals surface area contributed by atoms with Gasteiger partial charge in [-0.05, 0) is 72.4 Å². The van der Waals surface area contributed by atoms with Crippen molar-refractivity contribution in [2.24, 2.45) is 0 Å². The van der Waals surface area contributed by atoms with Gasteiger partial charge in [0.25, 0.3) is 0 Å². The van der Waals surface area contributed by atoms with Crippen molar-refractivity contribution >= 4 is 0 Å². The van der Waals surface area contributed by atoms with Gasteiger partial charge in [0.05, 0.1) is 0 Å². The topological polar surface area (TPSA) is 0 Å². The zero-order valence-electron chi connectivity index (χ0n) is 24.2. The molecule has 0 unspecified atom stereocenters. The molecule has 35 heavy (non-hydrogen) atoms. The Balaban J connectivity index is 0.00000132. The van der Waals surface area contributed by atoms with E-state index < -0.39 is 0 Å². The van der Waals surface area contributed by atoms with Crippen LogP contribution in [0.25, 0.3) is 33.4 Å². The van der Waals surface area contributed by atoms with Crippen molar-refractivity contribution < 1.29 is 0 Å². The van der Waals surface area contributed by atoms with E-state index in [-0.39, 0.29) is 0 Å². The van der Waals surface area contributed by atoms with Crippen LogP contribution in [0.4, 0.5) is 0 Å². The van der Waals surface area contributed by atoms with Crippen LogP contribution in [0.15, 0.2) is 91.0 Å². The average molecular weight is 469 g/mol. The molecule has 188 valence electrons. The standard InChI is InChI=1S/C27H24.4C2H6/c1-19-4-10-22(11-5-19)25-16-26(23-12-6-20(2)7-13-23)18-27(17-25)24-14-8-21(3)9-15-24;4*1-2/h4-18H,1-3H3;4*1-2H3. The van der Waals surface area contributed by atoms with Crippen LogP contribution in [-0.4, -0.2) is 0 Å². The molecular weight excluding hydrogens is 420 g/mol. The van der Waals surface area contributed by atoms with E-state index in [4.69, 9.17) is 0 Å². The summed E-state index contributed by atoms with van der Waals surface area (Å²) in [7, 11) is 0. The van der Waals surface area contributed by atoms with E-state index in [0.29, 0.717) is 0 Å². The van der Waals surface area contributed by atoms with Gasteiger partial charge < -0.3 is 0 Å². The fourth-order valence-corrected chi connectivity index (χ4v) is 3.37. The van der Waals surface area contributed by atoms with Crippen molar-refractivity contribution in [1.29, 1.82) is 0 Å². The third kappa shape index (κ3) is 9.95. The molecule has 0 heteroatoms. The maximum absolute atomic E-state index is 2.30. The summed E-state index contributed by atoms with van der Waals surface area (Å²) >= 11 is 0. The van der Waals surface area contributed by atoms with Crippen LogP contribution in [-0.2, 0) is 0 Å². The van der Waals surface area contributed by atoms with Gasteiger partial charge in [0.2, 0.25) is 0 Å². The van der Waals surface area contributed by atoms with E-state index in [1.807, 2.05) is 55.4 Å². The predicted octanol–water partition coefficient (Wildman–Crippen LogP) is 11.7. The molecule has 0 nitrogen and oxygen atoms in total. The van der Waals surface area contributed by atoms with Crippen LogP contribution in [0.5, 0.6) is 0 Å². The van der Waals surface area contributed by atoms with Crippen LogP contribution < -0.4 is 0 Å². The van der Waals surface area contributed by atoms with Crippen LogP contribution >= 0.6 is 0 Å². The highest BCUT2D eigenvalue weighted by atomic mass is 14.1. The minimum absolute atomic E-state index is 1.25. The van der Waals surface area contributed by atoms with Crippen molar-refractivity contribution in [3.8, 4) is 33.4 Å². The van der Waals surface area contributed by atoms with Gasteiger partial charge in [0.1, 0.15) is 0 Å². The van der Waals surface area contributed by atoms with Crippen molar-refractivity contribution in [3.63, 3.8) is 0 Å². The summed E-state index contributed by atoms with van der Waals surface area (Å²) in [4.78, 5) is 0. The SMILES string of the molecule is CC.CC.CC.CC.Cc1ccc(-c2cc(-c3ccc(C)cc3)cc(-c3ccc(C)cc3)c2)cc1. The van der Waals surface area contributed by atoms with Crippen LogP contribution in [0, 0.1) is 20.8 Å². The lowest BCUT2D eigenvalue weighted by Gasteiger charge is -2.12. The van der Waals surface area contributed by atoms with Gasteiger partial charge in [-0.25, -0.2) is 0 Å². The molecule has 0 N–H and O–H groups in total. The Morgan fingerprint density at radius 1 is 0.257 bits per heavy atom. The van der Waals surface area contributed by atoms with E-state index in [9.17, 15) is 0 Å². The predicted molar refractivity (Wildman–Crippen MR) is 162 cm³/mol. The monoisotopic (exact) mass is 468 g/mol. The highest BCUT2D eigenvalue weighted by Gasteiger charge is 2.07. The van der Waals surface area contributed by atoms with Gasteiger partial charge in [-0.15, -0.1) is 0 Å². The van der Waals surface area contributed by atoms with Gasteiger partial charge in [-0.3, -0.25) is 0 Å². The smallest absolute Gasteiger partial charge is 0.0172 e.